The summed E-state index contributed by atoms with van der Waals surface area (Å²) < 4.78 is 1.51. The zero-order valence-corrected chi connectivity index (χ0v) is 18.2. The van der Waals surface area contributed by atoms with Gasteiger partial charge in [-0.2, -0.15) is 0 Å². The van der Waals surface area contributed by atoms with Crippen molar-refractivity contribution < 1.29 is 4.79 Å². The van der Waals surface area contributed by atoms with Crippen LogP contribution < -0.4 is 5.56 Å². The van der Waals surface area contributed by atoms with E-state index in [2.05, 4.69) is 9.88 Å². The van der Waals surface area contributed by atoms with Gasteiger partial charge in [-0.15, -0.1) is 11.3 Å². The van der Waals surface area contributed by atoms with Crippen molar-refractivity contribution in [3.05, 3.63) is 51.9 Å². The Bertz CT molecular complexity index is 1130. The number of benzene rings is 1. The van der Waals surface area contributed by atoms with E-state index in [1.54, 1.807) is 6.33 Å². The van der Waals surface area contributed by atoms with Crippen LogP contribution in [0.3, 0.4) is 0 Å². The third-order valence-corrected chi connectivity index (χ3v) is 7.80. The van der Waals surface area contributed by atoms with E-state index in [0.717, 1.165) is 40.2 Å². The molecule has 1 aromatic carbocycles. The fourth-order valence-electron chi connectivity index (χ4n) is 5.37. The molecular weight excluding hydrogens is 394 g/mol. The normalized spacial score (nSPS) is 21.6. The lowest BCUT2D eigenvalue weighted by Crippen LogP contribution is -2.51. The first-order valence-electron chi connectivity index (χ1n) is 11.0. The number of carbonyl (C=O) groups is 1. The Kier molecular flexibility index (Phi) is 5.19. The highest BCUT2D eigenvalue weighted by atomic mass is 32.1. The maximum atomic E-state index is 13.4. The van der Waals surface area contributed by atoms with E-state index in [1.807, 2.05) is 37.3 Å². The Labute approximate surface area is 180 Å². The van der Waals surface area contributed by atoms with E-state index in [-0.39, 0.29) is 18.0 Å². The number of amides is 1. The maximum Gasteiger partial charge on any atom is 0.263 e. The van der Waals surface area contributed by atoms with Crippen LogP contribution in [0.1, 0.15) is 43.4 Å². The molecule has 30 heavy (non-hydrogen) atoms. The lowest BCUT2D eigenvalue weighted by atomic mass is 9.78. The molecule has 1 aliphatic heterocycles. The topological polar surface area (TPSA) is 55.2 Å². The zero-order chi connectivity index (χ0) is 20.7. The molecule has 2 fully saturated rings. The highest BCUT2D eigenvalue weighted by Gasteiger charge is 2.35. The molecule has 1 amide bonds. The second kappa shape index (κ2) is 7.99. The number of hydrogen-bond donors (Lipinski definition) is 0. The molecule has 0 bridgehead atoms. The Hall–Kier alpha value is -2.47. The van der Waals surface area contributed by atoms with E-state index in [9.17, 15) is 9.59 Å². The minimum Gasteiger partial charge on any atom is -0.338 e. The Balaban J connectivity index is 1.49. The fourth-order valence-corrected chi connectivity index (χ4v) is 6.38. The van der Waals surface area contributed by atoms with Gasteiger partial charge in [0.25, 0.3) is 5.56 Å². The second-order valence-electron chi connectivity index (χ2n) is 8.60. The number of carbonyl (C=O) groups excluding carboxylic acids is 1. The highest BCUT2D eigenvalue weighted by Crippen LogP contribution is 2.36. The number of aryl methyl sites for hydroxylation is 1. The third-order valence-electron chi connectivity index (χ3n) is 6.79. The summed E-state index contributed by atoms with van der Waals surface area (Å²) in [6.07, 6.45) is 8.67. The summed E-state index contributed by atoms with van der Waals surface area (Å²) in [6.45, 7) is 2.92. The van der Waals surface area contributed by atoms with Crippen LogP contribution in [0.2, 0.25) is 0 Å². The minimum atomic E-state index is -0.117. The third kappa shape index (κ3) is 3.37. The Morgan fingerprint density at radius 3 is 2.73 bits per heavy atom. The van der Waals surface area contributed by atoms with E-state index in [1.165, 1.54) is 41.6 Å². The summed E-state index contributed by atoms with van der Waals surface area (Å²) >= 11 is 1.54. The van der Waals surface area contributed by atoms with Crippen LogP contribution in [0.5, 0.6) is 0 Å². The fraction of sp³-hybridized carbons (Fsp3) is 0.458. The number of rotatable bonds is 3. The molecule has 5 rings (SSSR count). The molecule has 2 atom stereocenters. The molecule has 3 aromatic rings. The van der Waals surface area contributed by atoms with Crippen LogP contribution in [-0.4, -0.2) is 32.9 Å². The number of aromatic nitrogens is 2. The number of piperidine rings is 1. The van der Waals surface area contributed by atoms with Crippen LogP contribution in [0.4, 0.5) is 0 Å². The molecule has 0 unspecified atom stereocenters. The number of nitrogens with zero attached hydrogens (tertiary/aromatic N) is 3. The SMILES string of the molecule is Cc1sc2ncn(CC(=O)N3CCC[C@@H]4CCCC[C@@H]43)c(=O)c2c1-c1ccccc1. The largest absolute Gasteiger partial charge is 0.338 e. The van der Waals surface area contributed by atoms with Crippen molar-refractivity contribution >= 4 is 27.5 Å². The number of hydrogen-bond acceptors (Lipinski definition) is 4. The first-order valence-corrected chi connectivity index (χ1v) is 11.8. The average Bonchev–Trinajstić information content (AvgIpc) is 3.12. The van der Waals surface area contributed by atoms with Crippen molar-refractivity contribution in [2.45, 2.75) is 58.0 Å². The number of thiophene rings is 1. The van der Waals surface area contributed by atoms with E-state index in [4.69, 9.17) is 0 Å². The van der Waals surface area contributed by atoms with Crippen molar-refractivity contribution in [1.82, 2.24) is 14.5 Å². The van der Waals surface area contributed by atoms with Gasteiger partial charge in [0.1, 0.15) is 11.4 Å². The van der Waals surface area contributed by atoms with Crippen LogP contribution in [0.15, 0.2) is 41.5 Å². The van der Waals surface area contributed by atoms with E-state index >= 15 is 0 Å². The lowest BCUT2D eigenvalue weighted by Gasteiger charge is -2.44. The first-order chi connectivity index (χ1) is 14.6. The first kappa shape index (κ1) is 19.5. The molecule has 6 heteroatoms. The Morgan fingerprint density at radius 1 is 1.13 bits per heavy atom. The van der Waals surface area contributed by atoms with Crippen LogP contribution in [0, 0.1) is 12.8 Å². The van der Waals surface area contributed by atoms with Crippen LogP contribution in [0.25, 0.3) is 21.3 Å². The maximum absolute atomic E-state index is 13.4. The van der Waals surface area contributed by atoms with Crippen molar-refractivity contribution in [3.63, 3.8) is 0 Å². The summed E-state index contributed by atoms with van der Waals surface area (Å²) in [5.74, 6) is 0.695. The standard InChI is InChI=1S/C24H27N3O2S/c1-16-21(18-9-3-2-4-10-18)22-23(30-16)25-15-26(24(22)29)14-20(28)27-13-7-11-17-8-5-6-12-19(17)27/h2-4,9-10,15,17,19H,5-8,11-14H2,1H3/t17-,19-/m0/s1. The second-order valence-corrected chi connectivity index (χ2v) is 9.80. The van der Waals surface area contributed by atoms with Crippen molar-refractivity contribution in [3.8, 4) is 11.1 Å². The molecule has 0 N–H and O–H groups in total. The molecule has 0 radical (unpaired) electrons. The van der Waals surface area contributed by atoms with Gasteiger partial charge in [0.15, 0.2) is 0 Å². The summed E-state index contributed by atoms with van der Waals surface area (Å²) in [6, 6.07) is 10.3. The summed E-state index contributed by atoms with van der Waals surface area (Å²) in [5.41, 5.74) is 1.85. The lowest BCUT2D eigenvalue weighted by molar-refractivity contribution is -0.138. The predicted octanol–water partition coefficient (Wildman–Crippen LogP) is 4.61. The predicted molar refractivity (Wildman–Crippen MR) is 121 cm³/mol. The molecule has 1 saturated heterocycles. The van der Waals surface area contributed by atoms with Gasteiger partial charge in [-0.3, -0.25) is 14.2 Å². The molecule has 156 valence electrons. The summed E-state index contributed by atoms with van der Waals surface area (Å²) in [5, 5.41) is 0.633. The molecular formula is C24H27N3O2S. The number of fused-ring (bicyclic) bond motifs is 2. The van der Waals surface area contributed by atoms with Gasteiger partial charge in [0.2, 0.25) is 5.91 Å². The highest BCUT2D eigenvalue weighted by molar-refractivity contribution is 7.19. The van der Waals surface area contributed by atoms with Gasteiger partial charge in [-0.05, 0) is 44.1 Å². The van der Waals surface area contributed by atoms with Gasteiger partial charge < -0.3 is 4.90 Å². The molecule has 0 spiro atoms. The molecule has 2 aromatic heterocycles. The summed E-state index contributed by atoms with van der Waals surface area (Å²) in [7, 11) is 0. The van der Waals surface area contributed by atoms with Crippen LogP contribution in [-0.2, 0) is 11.3 Å². The summed E-state index contributed by atoms with van der Waals surface area (Å²) in [4.78, 5) is 35.0. The molecule has 1 aliphatic carbocycles. The smallest absolute Gasteiger partial charge is 0.263 e. The molecule has 5 nitrogen and oxygen atoms in total. The zero-order valence-electron chi connectivity index (χ0n) is 17.3. The molecule has 3 heterocycles. The molecule has 2 aliphatic rings. The quantitative estimate of drug-likeness (QED) is 0.620. The Morgan fingerprint density at radius 2 is 1.90 bits per heavy atom. The van der Waals surface area contributed by atoms with Crippen molar-refractivity contribution in [2.24, 2.45) is 5.92 Å². The van der Waals surface area contributed by atoms with Gasteiger partial charge >= 0.3 is 0 Å². The average molecular weight is 422 g/mol. The van der Waals surface area contributed by atoms with Gasteiger partial charge in [-0.1, -0.05) is 43.2 Å². The molecule has 1 saturated carbocycles. The van der Waals surface area contributed by atoms with E-state index in [0.29, 0.717) is 17.3 Å². The van der Waals surface area contributed by atoms with E-state index < -0.39 is 0 Å². The van der Waals surface area contributed by atoms with Crippen LogP contribution >= 0.6 is 11.3 Å². The van der Waals surface area contributed by atoms with Gasteiger partial charge in [-0.25, -0.2) is 4.98 Å². The minimum absolute atomic E-state index is 0.0584. The monoisotopic (exact) mass is 421 g/mol. The van der Waals surface area contributed by atoms with Crippen molar-refractivity contribution in [2.75, 3.05) is 6.54 Å². The van der Waals surface area contributed by atoms with Gasteiger partial charge in [0.05, 0.1) is 11.7 Å². The van der Waals surface area contributed by atoms with Gasteiger partial charge in [0, 0.05) is 23.0 Å². The van der Waals surface area contributed by atoms with Crippen molar-refractivity contribution in [1.29, 1.82) is 0 Å². The number of likely N-dealkylation sites (tertiary alicyclic amines) is 1.